The maximum Gasteiger partial charge on any atom is 0.235 e. The molecule has 122 valence electrons. The highest BCUT2D eigenvalue weighted by Gasteiger charge is 2.30. The zero-order chi connectivity index (χ0) is 16.0. The predicted octanol–water partition coefficient (Wildman–Crippen LogP) is 2.30. The zero-order valence-corrected chi connectivity index (χ0v) is 13.8. The van der Waals surface area contributed by atoms with Gasteiger partial charge in [0.15, 0.2) is 9.84 Å². The van der Waals surface area contributed by atoms with Gasteiger partial charge in [-0.1, -0.05) is 6.07 Å². The van der Waals surface area contributed by atoms with Crippen LogP contribution in [-0.2, 0) is 22.8 Å². The first-order valence-electron chi connectivity index (χ1n) is 7.91. The van der Waals surface area contributed by atoms with Gasteiger partial charge >= 0.3 is 0 Å². The average molecular weight is 333 g/mol. The van der Waals surface area contributed by atoms with Gasteiger partial charge in [-0.25, -0.2) is 8.42 Å². The standard InChI is InChI=1S/C16H19N3O3S/c1-23(20,21)13-7-6-11-3-2-8-19(14(11)9-13)10-15-17-18-16(22-15)12-4-5-12/h6-7,9,12H,2-5,8,10H2,1H3. The second-order valence-electron chi connectivity index (χ2n) is 6.40. The lowest BCUT2D eigenvalue weighted by Crippen LogP contribution is -2.29. The van der Waals surface area contributed by atoms with Gasteiger partial charge in [-0.3, -0.25) is 0 Å². The summed E-state index contributed by atoms with van der Waals surface area (Å²) < 4.78 is 29.4. The fourth-order valence-corrected chi connectivity index (χ4v) is 3.66. The predicted molar refractivity (Wildman–Crippen MR) is 85.2 cm³/mol. The molecule has 4 rings (SSSR count). The van der Waals surface area contributed by atoms with Crippen molar-refractivity contribution in [2.24, 2.45) is 0 Å². The molecule has 1 aromatic carbocycles. The molecule has 1 aromatic heterocycles. The summed E-state index contributed by atoms with van der Waals surface area (Å²) in [5.74, 6) is 1.79. The Labute approximate surface area is 135 Å². The molecule has 23 heavy (non-hydrogen) atoms. The zero-order valence-electron chi connectivity index (χ0n) is 13.0. The molecular weight excluding hydrogens is 314 g/mol. The lowest BCUT2D eigenvalue weighted by atomic mass is 10.0. The molecule has 1 aliphatic heterocycles. The number of hydrogen-bond acceptors (Lipinski definition) is 6. The van der Waals surface area contributed by atoms with Crippen molar-refractivity contribution in [3.8, 4) is 0 Å². The van der Waals surface area contributed by atoms with E-state index in [2.05, 4.69) is 15.1 Å². The Kier molecular flexibility index (Phi) is 3.41. The average Bonchev–Trinajstić information content (AvgIpc) is 3.26. The van der Waals surface area contributed by atoms with Crippen LogP contribution in [-0.4, -0.2) is 31.4 Å². The van der Waals surface area contributed by atoms with Crippen molar-refractivity contribution < 1.29 is 12.8 Å². The van der Waals surface area contributed by atoms with Gasteiger partial charge in [-0.15, -0.1) is 10.2 Å². The molecule has 0 spiro atoms. The van der Waals surface area contributed by atoms with Gasteiger partial charge in [-0.2, -0.15) is 0 Å². The SMILES string of the molecule is CS(=O)(=O)c1ccc2c(c1)N(Cc1nnc(C3CC3)o1)CCC2. The Morgan fingerprint density at radius 2 is 2.13 bits per heavy atom. The van der Waals surface area contributed by atoms with Crippen molar-refractivity contribution in [1.29, 1.82) is 0 Å². The van der Waals surface area contributed by atoms with Crippen LogP contribution < -0.4 is 4.90 Å². The molecular formula is C16H19N3O3S. The third-order valence-corrected chi connectivity index (χ3v) is 5.55. The first-order chi connectivity index (χ1) is 11.0. The van der Waals surface area contributed by atoms with E-state index in [1.165, 1.54) is 11.8 Å². The minimum Gasteiger partial charge on any atom is -0.423 e. The van der Waals surface area contributed by atoms with Gasteiger partial charge < -0.3 is 9.32 Å². The summed E-state index contributed by atoms with van der Waals surface area (Å²) >= 11 is 0. The second-order valence-corrected chi connectivity index (χ2v) is 8.41. The van der Waals surface area contributed by atoms with Gasteiger partial charge in [-0.05, 0) is 43.4 Å². The molecule has 0 saturated heterocycles. The van der Waals surface area contributed by atoms with E-state index in [9.17, 15) is 8.42 Å². The van der Waals surface area contributed by atoms with E-state index in [4.69, 9.17) is 4.42 Å². The number of nitrogens with zero attached hydrogens (tertiary/aromatic N) is 3. The number of rotatable bonds is 4. The smallest absolute Gasteiger partial charge is 0.235 e. The van der Waals surface area contributed by atoms with Crippen molar-refractivity contribution in [3.05, 3.63) is 35.5 Å². The summed E-state index contributed by atoms with van der Waals surface area (Å²) in [7, 11) is -3.21. The molecule has 0 unspecified atom stereocenters. The van der Waals surface area contributed by atoms with Crippen LogP contribution in [0.2, 0.25) is 0 Å². The molecule has 0 bridgehead atoms. The molecule has 1 aliphatic carbocycles. The van der Waals surface area contributed by atoms with E-state index in [1.807, 2.05) is 6.07 Å². The Morgan fingerprint density at radius 3 is 2.87 bits per heavy atom. The summed E-state index contributed by atoms with van der Waals surface area (Å²) in [6.07, 6.45) is 5.50. The van der Waals surface area contributed by atoms with E-state index in [1.54, 1.807) is 12.1 Å². The van der Waals surface area contributed by atoms with Crippen molar-refractivity contribution in [2.45, 2.75) is 43.0 Å². The molecule has 1 fully saturated rings. The summed E-state index contributed by atoms with van der Waals surface area (Å²) in [6.45, 7) is 1.39. The number of aryl methyl sites for hydroxylation is 1. The first kappa shape index (κ1) is 14.7. The monoisotopic (exact) mass is 333 g/mol. The van der Waals surface area contributed by atoms with Crippen LogP contribution >= 0.6 is 0 Å². The molecule has 0 amide bonds. The van der Waals surface area contributed by atoms with E-state index in [-0.39, 0.29) is 0 Å². The molecule has 0 N–H and O–H groups in total. The fourth-order valence-electron chi connectivity index (χ4n) is 3.01. The molecule has 2 heterocycles. The van der Waals surface area contributed by atoms with Crippen LogP contribution in [0.1, 0.15) is 42.5 Å². The summed E-state index contributed by atoms with van der Waals surface area (Å²) in [5.41, 5.74) is 2.14. The Hall–Kier alpha value is -1.89. The highest BCUT2D eigenvalue weighted by Crippen LogP contribution is 2.39. The molecule has 1 saturated carbocycles. The fraction of sp³-hybridized carbons (Fsp3) is 0.500. The van der Waals surface area contributed by atoms with Crippen molar-refractivity contribution in [3.63, 3.8) is 0 Å². The van der Waals surface area contributed by atoms with Crippen molar-refractivity contribution in [1.82, 2.24) is 10.2 Å². The largest absolute Gasteiger partial charge is 0.423 e. The third kappa shape index (κ3) is 2.97. The van der Waals surface area contributed by atoms with Crippen LogP contribution in [0, 0.1) is 0 Å². The van der Waals surface area contributed by atoms with Crippen LogP contribution in [0.3, 0.4) is 0 Å². The number of anilines is 1. The van der Waals surface area contributed by atoms with E-state index >= 15 is 0 Å². The first-order valence-corrected chi connectivity index (χ1v) is 9.80. The minimum absolute atomic E-state index is 0.354. The van der Waals surface area contributed by atoms with E-state index in [0.717, 1.165) is 43.8 Å². The highest BCUT2D eigenvalue weighted by molar-refractivity contribution is 7.90. The third-order valence-electron chi connectivity index (χ3n) is 4.43. The topological polar surface area (TPSA) is 76.3 Å². The van der Waals surface area contributed by atoms with Gasteiger partial charge in [0, 0.05) is 24.4 Å². The van der Waals surface area contributed by atoms with Gasteiger partial charge in [0.05, 0.1) is 11.4 Å². The summed E-state index contributed by atoms with van der Waals surface area (Å²) in [4.78, 5) is 2.49. The lowest BCUT2D eigenvalue weighted by molar-refractivity contribution is 0.444. The van der Waals surface area contributed by atoms with E-state index < -0.39 is 9.84 Å². The number of sulfone groups is 1. The van der Waals surface area contributed by atoms with Crippen LogP contribution in [0.15, 0.2) is 27.5 Å². The number of benzene rings is 1. The van der Waals surface area contributed by atoms with Crippen LogP contribution in [0.4, 0.5) is 5.69 Å². The molecule has 0 atom stereocenters. The summed E-state index contributed by atoms with van der Waals surface area (Å²) in [5, 5.41) is 8.26. The maximum absolute atomic E-state index is 11.8. The lowest BCUT2D eigenvalue weighted by Gasteiger charge is -2.30. The van der Waals surface area contributed by atoms with Gasteiger partial charge in [0.1, 0.15) is 0 Å². The van der Waals surface area contributed by atoms with Gasteiger partial charge in [0.2, 0.25) is 11.8 Å². The molecule has 0 radical (unpaired) electrons. The Bertz CT molecular complexity index is 840. The number of hydrogen-bond donors (Lipinski definition) is 0. The van der Waals surface area contributed by atoms with Gasteiger partial charge in [0.25, 0.3) is 0 Å². The summed E-state index contributed by atoms with van der Waals surface area (Å²) in [6, 6.07) is 5.37. The van der Waals surface area contributed by atoms with Crippen LogP contribution in [0.25, 0.3) is 0 Å². The Morgan fingerprint density at radius 1 is 1.30 bits per heavy atom. The minimum atomic E-state index is -3.21. The van der Waals surface area contributed by atoms with Crippen molar-refractivity contribution >= 4 is 15.5 Å². The molecule has 2 aliphatic rings. The highest BCUT2D eigenvalue weighted by atomic mass is 32.2. The normalized spacial score (nSPS) is 18.0. The van der Waals surface area contributed by atoms with Crippen molar-refractivity contribution in [2.75, 3.05) is 17.7 Å². The quantitative estimate of drug-likeness (QED) is 0.854. The molecule has 7 heteroatoms. The molecule has 6 nitrogen and oxygen atoms in total. The van der Waals surface area contributed by atoms with E-state index in [0.29, 0.717) is 23.2 Å². The number of aromatic nitrogens is 2. The van der Waals surface area contributed by atoms with Crippen LogP contribution in [0.5, 0.6) is 0 Å². The Balaban J connectivity index is 1.62. The molecule has 2 aromatic rings. The number of fused-ring (bicyclic) bond motifs is 1. The second kappa shape index (κ2) is 5.33. The maximum atomic E-state index is 11.8.